The van der Waals surface area contributed by atoms with Crippen molar-refractivity contribution in [2.24, 2.45) is 5.41 Å². The standard InChI is InChI=1S/C13H17Cl2NO/c1-9-6-10(4-5-11(9)15)12(17)16-8-13(2,3)7-14/h4-6H,7-8H2,1-3H3,(H,16,17). The van der Waals surface area contributed by atoms with Crippen molar-refractivity contribution in [2.45, 2.75) is 20.8 Å². The zero-order valence-corrected chi connectivity index (χ0v) is 11.8. The Kier molecular flexibility index (Phi) is 4.84. The van der Waals surface area contributed by atoms with E-state index in [1.54, 1.807) is 18.2 Å². The van der Waals surface area contributed by atoms with Crippen molar-refractivity contribution in [3.05, 3.63) is 34.3 Å². The fourth-order valence-corrected chi connectivity index (χ4v) is 1.47. The van der Waals surface area contributed by atoms with Crippen LogP contribution in [0.2, 0.25) is 5.02 Å². The number of hydrogen-bond acceptors (Lipinski definition) is 1. The summed E-state index contributed by atoms with van der Waals surface area (Å²) in [6, 6.07) is 5.24. The molecule has 0 aliphatic carbocycles. The Morgan fingerprint density at radius 1 is 1.41 bits per heavy atom. The van der Waals surface area contributed by atoms with Gasteiger partial charge in [-0.15, -0.1) is 11.6 Å². The van der Waals surface area contributed by atoms with E-state index in [0.717, 1.165) is 5.56 Å². The number of rotatable bonds is 4. The van der Waals surface area contributed by atoms with Gasteiger partial charge in [-0.3, -0.25) is 4.79 Å². The molecular formula is C13H17Cl2NO. The molecule has 1 aromatic rings. The quantitative estimate of drug-likeness (QED) is 0.834. The summed E-state index contributed by atoms with van der Waals surface area (Å²) in [6.45, 7) is 6.44. The van der Waals surface area contributed by atoms with Crippen LogP contribution in [0.25, 0.3) is 0 Å². The van der Waals surface area contributed by atoms with Gasteiger partial charge in [0, 0.05) is 23.0 Å². The number of benzene rings is 1. The Bertz CT molecular complexity index is 416. The monoisotopic (exact) mass is 273 g/mol. The summed E-state index contributed by atoms with van der Waals surface area (Å²) in [6.07, 6.45) is 0. The van der Waals surface area contributed by atoms with Crippen molar-refractivity contribution in [1.82, 2.24) is 5.32 Å². The molecule has 2 nitrogen and oxygen atoms in total. The molecule has 0 fully saturated rings. The fourth-order valence-electron chi connectivity index (χ4n) is 1.25. The second kappa shape index (κ2) is 5.74. The van der Waals surface area contributed by atoms with E-state index < -0.39 is 0 Å². The van der Waals surface area contributed by atoms with Gasteiger partial charge in [-0.1, -0.05) is 25.4 Å². The lowest BCUT2D eigenvalue weighted by Gasteiger charge is -2.21. The number of nitrogens with one attached hydrogen (secondary N) is 1. The minimum atomic E-state index is -0.0985. The van der Waals surface area contributed by atoms with E-state index in [0.29, 0.717) is 23.0 Å². The zero-order chi connectivity index (χ0) is 13.1. The average molecular weight is 274 g/mol. The van der Waals surface area contributed by atoms with E-state index >= 15 is 0 Å². The van der Waals surface area contributed by atoms with Crippen LogP contribution in [-0.4, -0.2) is 18.3 Å². The van der Waals surface area contributed by atoms with Crippen molar-refractivity contribution in [1.29, 1.82) is 0 Å². The molecule has 0 heterocycles. The summed E-state index contributed by atoms with van der Waals surface area (Å²) < 4.78 is 0. The van der Waals surface area contributed by atoms with Gasteiger partial charge in [-0.05, 0) is 36.1 Å². The van der Waals surface area contributed by atoms with Crippen LogP contribution in [0.4, 0.5) is 0 Å². The van der Waals surface area contributed by atoms with Crippen LogP contribution in [0, 0.1) is 12.3 Å². The summed E-state index contributed by atoms with van der Waals surface area (Å²) >= 11 is 11.7. The van der Waals surface area contributed by atoms with E-state index in [2.05, 4.69) is 5.32 Å². The van der Waals surface area contributed by atoms with Gasteiger partial charge in [0.25, 0.3) is 5.91 Å². The smallest absolute Gasteiger partial charge is 0.251 e. The molecule has 0 bridgehead atoms. The van der Waals surface area contributed by atoms with Crippen molar-refractivity contribution >= 4 is 29.1 Å². The summed E-state index contributed by atoms with van der Waals surface area (Å²) in [5.74, 6) is 0.412. The summed E-state index contributed by atoms with van der Waals surface area (Å²) in [5.41, 5.74) is 1.42. The third kappa shape index (κ3) is 4.21. The largest absolute Gasteiger partial charge is 0.351 e. The lowest BCUT2D eigenvalue weighted by atomic mass is 9.96. The number of amides is 1. The molecule has 0 aliphatic rings. The van der Waals surface area contributed by atoms with Crippen molar-refractivity contribution in [3.8, 4) is 0 Å². The van der Waals surface area contributed by atoms with Crippen molar-refractivity contribution < 1.29 is 4.79 Å². The summed E-state index contributed by atoms with van der Waals surface area (Å²) in [5, 5.41) is 3.54. The molecule has 0 spiro atoms. The lowest BCUT2D eigenvalue weighted by molar-refractivity contribution is 0.0940. The molecule has 0 aromatic heterocycles. The molecule has 17 heavy (non-hydrogen) atoms. The minimum absolute atomic E-state index is 0.0945. The summed E-state index contributed by atoms with van der Waals surface area (Å²) in [7, 11) is 0. The maximum absolute atomic E-state index is 11.9. The Morgan fingerprint density at radius 2 is 2.06 bits per heavy atom. The Labute approximate surface area is 112 Å². The molecule has 4 heteroatoms. The first-order chi connectivity index (χ1) is 7.85. The number of halogens is 2. The van der Waals surface area contributed by atoms with Crippen molar-refractivity contribution in [3.63, 3.8) is 0 Å². The van der Waals surface area contributed by atoms with Gasteiger partial charge in [0.2, 0.25) is 0 Å². The topological polar surface area (TPSA) is 29.1 Å². The molecular weight excluding hydrogens is 257 g/mol. The van der Waals surface area contributed by atoms with Crippen LogP contribution in [0.1, 0.15) is 29.8 Å². The molecule has 1 N–H and O–H groups in total. The fraction of sp³-hybridized carbons (Fsp3) is 0.462. The average Bonchev–Trinajstić information content (AvgIpc) is 2.30. The molecule has 0 unspecified atom stereocenters. The highest BCUT2D eigenvalue weighted by molar-refractivity contribution is 6.31. The predicted molar refractivity (Wildman–Crippen MR) is 73.0 cm³/mol. The van der Waals surface area contributed by atoms with Gasteiger partial charge < -0.3 is 5.32 Å². The van der Waals surface area contributed by atoms with Gasteiger partial charge in [0.05, 0.1) is 0 Å². The van der Waals surface area contributed by atoms with Crippen LogP contribution < -0.4 is 5.32 Å². The van der Waals surface area contributed by atoms with E-state index in [9.17, 15) is 4.79 Å². The lowest BCUT2D eigenvalue weighted by Crippen LogP contribution is -2.35. The first-order valence-corrected chi connectivity index (χ1v) is 6.37. The first kappa shape index (κ1) is 14.3. The van der Waals surface area contributed by atoms with Crippen LogP contribution in [0.5, 0.6) is 0 Å². The highest BCUT2D eigenvalue weighted by Crippen LogP contribution is 2.18. The number of alkyl halides is 1. The Hall–Kier alpha value is -0.730. The second-order valence-electron chi connectivity index (χ2n) is 4.94. The normalized spacial score (nSPS) is 11.4. The van der Waals surface area contributed by atoms with E-state index in [1.165, 1.54) is 0 Å². The number of carbonyl (C=O) groups excluding carboxylic acids is 1. The molecule has 94 valence electrons. The zero-order valence-electron chi connectivity index (χ0n) is 10.3. The number of hydrogen-bond donors (Lipinski definition) is 1. The first-order valence-electron chi connectivity index (χ1n) is 5.46. The maximum Gasteiger partial charge on any atom is 0.251 e. The van der Waals surface area contributed by atoms with Gasteiger partial charge in [0.1, 0.15) is 0 Å². The van der Waals surface area contributed by atoms with E-state index in [1.807, 2.05) is 20.8 Å². The molecule has 0 radical (unpaired) electrons. The molecule has 0 saturated heterocycles. The molecule has 0 atom stereocenters. The number of aryl methyl sites for hydroxylation is 1. The van der Waals surface area contributed by atoms with E-state index in [4.69, 9.17) is 23.2 Å². The third-order valence-corrected chi connectivity index (χ3v) is 3.66. The van der Waals surface area contributed by atoms with Gasteiger partial charge in [-0.25, -0.2) is 0 Å². The van der Waals surface area contributed by atoms with Crippen molar-refractivity contribution in [2.75, 3.05) is 12.4 Å². The maximum atomic E-state index is 11.9. The molecule has 1 rings (SSSR count). The Balaban J connectivity index is 2.68. The molecule has 0 saturated carbocycles. The molecule has 1 aromatic carbocycles. The van der Waals surface area contributed by atoms with Gasteiger partial charge in [0.15, 0.2) is 0 Å². The number of carbonyl (C=O) groups is 1. The van der Waals surface area contributed by atoms with Gasteiger partial charge >= 0.3 is 0 Å². The van der Waals surface area contributed by atoms with Crippen LogP contribution in [0.3, 0.4) is 0 Å². The Morgan fingerprint density at radius 3 is 2.59 bits per heavy atom. The predicted octanol–water partition coefficient (Wildman–Crippen LogP) is 3.64. The SMILES string of the molecule is Cc1cc(C(=O)NCC(C)(C)CCl)ccc1Cl. The highest BCUT2D eigenvalue weighted by atomic mass is 35.5. The van der Waals surface area contributed by atoms with Gasteiger partial charge in [-0.2, -0.15) is 0 Å². The van der Waals surface area contributed by atoms with Crippen LogP contribution in [-0.2, 0) is 0 Å². The second-order valence-corrected chi connectivity index (χ2v) is 5.62. The molecule has 1 amide bonds. The highest BCUT2D eigenvalue weighted by Gasteiger charge is 2.18. The molecule has 0 aliphatic heterocycles. The van der Waals surface area contributed by atoms with Crippen LogP contribution >= 0.6 is 23.2 Å². The minimum Gasteiger partial charge on any atom is -0.351 e. The third-order valence-electron chi connectivity index (χ3n) is 2.51. The van der Waals surface area contributed by atoms with E-state index in [-0.39, 0.29) is 11.3 Å². The van der Waals surface area contributed by atoms with Crippen LogP contribution in [0.15, 0.2) is 18.2 Å². The summed E-state index contributed by atoms with van der Waals surface area (Å²) in [4.78, 5) is 11.9.